The maximum Gasteiger partial charge on any atom is 0.341 e. The Labute approximate surface area is 165 Å². The maximum atomic E-state index is 12.6. The lowest BCUT2D eigenvalue weighted by molar-refractivity contribution is -0.123. The molecule has 1 heterocycles. The van der Waals surface area contributed by atoms with Crippen molar-refractivity contribution < 1.29 is 14.3 Å². The van der Waals surface area contributed by atoms with Crippen molar-refractivity contribution >= 4 is 28.5 Å². The van der Waals surface area contributed by atoms with Crippen molar-refractivity contribution in [3.05, 3.63) is 65.9 Å². The molecule has 0 bridgehead atoms. The quantitative estimate of drug-likeness (QED) is 0.622. The first kappa shape index (κ1) is 19.7. The lowest BCUT2D eigenvalue weighted by atomic mass is 9.97. The smallest absolute Gasteiger partial charge is 0.341 e. The van der Waals surface area contributed by atoms with Crippen LogP contribution in [0.3, 0.4) is 0 Å². The van der Waals surface area contributed by atoms with E-state index < -0.39 is 12.1 Å². The minimum atomic E-state index is -0.906. The number of aromatic nitrogens is 1. The number of carbonyl (C=O) groups is 2. The van der Waals surface area contributed by atoms with Crippen LogP contribution in [0.5, 0.6) is 0 Å². The molecule has 0 saturated carbocycles. The molecule has 0 aliphatic heterocycles. The van der Waals surface area contributed by atoms with E-state index in [0.29, 0.717) is 11.5 Å². The number of esters is 1. The average molecular weight is 378 g/mol. The number of benzene rings is 2. The van der Waals surface area contributed by atoms with Gasteiger partial charge in [-0.3, -0.25) is 4.79 Å². The van der Waals surface area contributed by atoms with E-state index in [-0.39, 0.29) is 5.91 Å². The number of amides is 1. The molecule has 0 unspecified atom stereocenters. The molecule has 1 amide bonds. The SMILES string of the molecule is CC[C@@H](C)c1ccccc1NC(=O)[C@H](C)OC(=O)c1cn(C)c2ccccc12. The molecule has 3 aromatic rings. The third kappa shape index (κ3) is 3.93. The second-order valence-electron chi connectivity index (χ2n) is 7.10. The van der Waals surface area contributed by atoms with Gasteiger partial charge in [-0.1, -0.05) is 50.2 Å². The number of para-hydroxylation sites is 2. The Bertz CT molecular complexity index is 1010. The summed E-state index contributed by atoms with van der Waals surface area (Å²) in [5, 5.41) is 3.71. The van der Waals surface area contributed by atoms with E-state index in [9.17, 15) is 9.59 Å². The van der Waals surface area contributed by atoms with Crippen molar-refractivity contribution in [2.75, 3.05) is 5.32 Å². The number of nitrogens with zero attached hydrogens (tertiary/aromatic N) is 1. The highest BCUT2D eigenvalue weighted by molar-refractivity contribution is 6.05. The van der Waals surface area contributed by atoms with Crippen LogP contribution in [-0.2, 0) is 16.6 Å². The van der Waals surface area contributed by atoms with Crippen LogP contribution in [0.2, 0.25) is 0 Å². The molecule has 0 radical (unpaired) electrons. The molecule has 0 spiro atoms. The van der Waals surface area contributed by atoms with Crippen LogP contribution >= 0.6 is 0 Å². The van der Waals surface area contributed by atoms with Gasteiger partial charge in [0, 0.05) is 29.8 Å². The molecule has 0 aliphatic carbocycles. The molecular formula is C23H26N2O3. The lowest BCUT2D eigenvalue weighted by Crippen LogP contribution is -2.30. The molecule has 3 rings (SSSR count). The van der Waals surface area contributed by atoms with E-state index >= 15 is 0 Å². The largest absolute Gasteiger partial charge is 0.449 e. The predicted molar refractivity (Wildman–Crippen MR) is 112 cm³/mol. The number of hydrogen-bond donors (Lipinski definition) is 1. The Morgan fingerprint density at radius 3 is 2.50 bits per heavy atom. The molecule has 2 aromatic carbocycles. The van der Waals surface area contributed by atoms with E-state index in [1.807, 2.05) is 60.1 Å². The molecule has 5 nitrogen and oxygen atoms in total. The van der Waals surface area contributed by atoms with Gasteiger partial charge in [-0.2, -0.15) is 0 Å². The minimum absolute atomic E-state index is 0.324. The fourth-order valence-electron chi connectivity index (χ4n) is 3.28. The summed E-state index contributed by atoms with van der Waals surface area (Å²) in [6, 6.07) is 15.3. The Balaban J connectivity index is 1.73. The standard InChI is InChI=1S/C23H26N2O3/c1-5-15(2)17-10-6-8-12-20(17)24-22(26)16(3)28-23(27)19-14-25(4)21-13-9-7-11-18(19)21/h6-16H,5H2,1-4H3,(H,24,26)/t15-,16+/m1/s1. The van der Waals surface area contributed by atoms with Gasteiger partial charge >= 0.3 is 5.97 Å². The van der Waals surface area contributed by atoms with Gasteiger partial charge in [-0.25, -0.2) is 4.79 Å². The van der Waals surface area contributed by atoms with Crippen LogP contribution < -0.4 is 5.32 Å². The number of hydrogen-bond acceptors (Lipinski definition) is 3. The van der Waals surface area contributed by atoms with Crippen molar-refractivity contribution in [2.24, 2.45) is 7.05 Å². The van der Waals surface area contributed by atoms with Gasteiger partial charge in [-0.15, -0.1) is 0 Å². The number of anilines is 1. The van der Waals surface area contributed by atoms with Gasteiger partial charge in [0.1, 0.15) is 0 Å². The van der Waals surface area contributed by atoms with Gasteiger partial charge in [0.2, 0.25) is 0 Å². The number of nitrogens with one attached hydrogen (secondary N) is 1. The second kappa shape index (κ2) is 8.30. The number of carbonyl (C=O) groups excluding carboxylic acids is 2. The topological polar surface area (TPSA) is 60.3 Å². The molecule has 1 aromatic heterocycles. The molecule has 28 heavy (non-hydrogen) atoms. The zero-order chi connectivity index (χ0) is 20.3. The van der Waals surface area contributed by atoms with Crippen LogP contribution in [-0.4, -0.2) is 22.5 Å². The normalized spacial score (nSPS) is 13.1. The zero-order valence-electron chi connectivity index (χ0n) is 16.7. The highest BCUT2D eigenvalue weighted by Gasteiger charge is 2.22. The second-order valence-corrected chi connectivity index (χ2v) is 7.10. The van der Waals surface area contributed by atoms with Crippen molar-refractivity contribution in [2.45, 2.75) is 39.2 Å². The molecule has 2 atom stereocenters. The minimum Gasteiger partial charge on any atom is -0.449 e. The fourth-order valence-corrected chi connectivity index (χ4v) is 3.28. The average Bonchev–Trinajstić information content (AvgIpc) is 3.05. The summed E-state index contributed by atoms with van der Waals surface area (Å²) in [4.78, 5) is 25.3. The first-order valence-corrected chi connectivity index (χ1v) is 9.57. The van der Waals surface area contributed by atoms with Crippen molar-refractivity contribution in [1.82, 2.24) is 4.57 Å². The molecule has 0 saturated heterocycles. The van der Waals surface area contributed by atoms with E-state index in [2.05, 4.69) is 19.2 Å². The Kier molecular flexibility index (Phi) is 5.83. The highest BCUT2D eigenvalue weighted by Crippen LogP contribution is 2.27. The van der Waals surface area contributed by atoms with E-state index in [4.69, 9.17) is 4.74 Å². The van der Waals surface area contributed by atoms with Gasteiger partial charge in [0.05, 0.1) is 5.56 Å². The number of rotatable bonds is 6. The summed E-state index contributed by atoms with van der Waals surface area (Å²) < 4.78 is 7.33. The van der Waals surface area contributed by atoms with Crippen LogP contribution in [0.25, 0.3) is 10.9 Å². The Hall–Kier alpha value is -3.08. The number of fused-ring (bicyclic) bond motifs is 1. The van der Waals surface area contributed by atoms with Crippen LogP contribution in [0.15, 0.2) is 54.7 Å². The van der Waals surface area contributed by atoms with Gasteiger partial charge in [0.25, 0.3) is 5.91 Å². The summed E-state index contributed by atoms with van der Waals surface area (Å²) in [6.07, 6.45) is 1.80. The number of ether oxygens (including phenoxy) is 1. The predicted octanol–water partition coefficient (Wildman–Crippen LogP) is 4.88. The summed E-state index contributed by atoms with van der Waals surface area (Å²) in [7, 11) is 1.88. The summed E-state index contributed by atoms with van der Waals surface area (Å²) in [6.45, 7) is 5.82. The van der Waals surface area contributed by atoms with Gasteiger partial charge in [0.15, 0.2) is 6.10 Å². The summed E-state index contributed by atoms with van der Waals surface area (Å²) in [5.41, 5.74) is 3.23. The third-order valence-electron chi connectivity index (χ3n) is 5.13. The fraction of sp³-hybridized carbons (Fsp3) is 0.304. The van der Waals surface area contributed by atoms with Crippen LogP contribution in [0.4, 0.5) is 5.69 Å². The van der Waals surface area contributed by atoms with E-state index in [1.54, 1.807) is 13.1 Å². The third-order valence-corrected chi connectivity index (χ3v) is 5.13. The highest BCUT2D eigenvalue weighted by atomic mass is 16.5. The van der Waals surface area contributed by atoms with E-state index in [1.165, 1.54) is 0 Å². The molecule has 5 heteroatoms. The summed E-state index contributed by atoms with van der Waals surface area (Å²) in [5.74, 6) is -0.524. The van der Waals surface area contributed by atoms with Gasteiger partial charge in [-0.05, 0) is 37.0 Å². The van der Waals surface area contributed by atoms with Crippen LogP contribution in [0, 0.1) is 0 Å². The maximum absolute atomic E-state index is 12.6. The van der Waals surface area contributed by atoms with Crippen molar-refractivity contribution in [1.29, 1.82) is 0 Å². The number of aryl methyl sites for hydroxylation is 1. The van der Waals surface area contributed by atoms with E-state index in [0.717, 1.165) is 28.6 Å². The summed E-state index contributed by atoms with van der Waals surface area (Å²) >= 11 is 0. The molecular weight excluding hydrogens is 352 g/mol. The Morgan fingerprint density at radius 1 is 1.07 bits per heavy atom. The molecule has 0 aliphatic rings. The molecule has 1 N–H and O–H groups in total. The van der Waals surface area contributed by atoms with Gasteiger partial charge < -0.3 is 14.6 Å². The lowest BCUT2D eigenvalue weighted by Gasteiger charge is -2.18. The molecule has 0 fully saturated rings. The molecule has 146 valence electrons. The first-order valence-electron chi connectivity index (χ1n) is 9.57. The zero-order valence-corrected chi connectivity index (χ0v) is 16.7. The first-order chi connectivity index (χ1) is 13.4. The van der Waals surface area contributed by atoms with Crippen molar-refractivity contribution in [3.8, 4) is 0 Å². The van der Waals surface area contributed by atoms with Crippen LogP contribution in [0.1, 0.15) is 49.0 Å². The Morgan fingerprint density at radius 2 is 1.75 bits per heavy atom. The van der Waals surface area contributed by atoms with Crippen molar-refractivity contribution in [3.63, 3.8) is 0 Å². The monoisotopic (exact) mass is 378 g/mol.